The number of amides is 1. The molecule has 1 unspecified atom stereocenters. The van der Waals surface area contributed by atoms with Gasteiger partial charge in [0.15, 0.2) is 0 Å². The summed E-state index contributed by atoms with van der Waals surface area (Å²) in [6, 6.07) is 3.55. The summed E-state index contributed by atoms with van der Waals surface area (Å²) in [4.78, 5) is 16.3. The van der Waals surface area contributed by atoms with Gasteiger partial charge in [0.2, 0.25) is 0 Å². The van der Waals surface area contributed by atoms with Crippen molar-refractivity contribution in [2.24, 2.45) is 5.92 Å². The second kappa shape index (κ2) is 9.34. The van der Waals surface area contributed by atoms with Crippen LogP contribution in [-0.2, 0) is 0 Å². The van der Waals surface area contributed by atoms with Gasteiger partial charge < -0.3 is 10.6 Å². The van der Waals surface area contributed by atoms with Gasteiger partial charge in [0.1, 0.15) is 5.82 Å². The highest BCUT2D eigenvalue weighted by Gasteiger charge is 2.10. The highest BCUT2D eigenvalue weighted by atomic mass is 16.1. The van der Waals surface area contributed by atoms with Crippen molar-refractivity contribution >= 4 is 11.7 Å². The van der Waals surface area contributed by atoms with E-state index in [1.807, 2.05) is 6.92 Å². The first kappa shape index (κ1) is 16.5. The Balaban J connectivity index is 2.51. The molecular formula is C16H27N3O. The van der Waals surface area contributed by atoms with Gasteiger partial charge in [-0.3, -0.25) is 4.79 Å². The summed E-state index contributed by atoms with van der Waals surface area (Å²) in [5.74, 6) is 1.31. The normalized spacial score (nSPS) is 11.9. The minimum absolute atomic E-state index is 0.0125. The number of nitrogens with zero attached hydrogens (tertiary/aromatic N) is 1. The average Bonchev–Trinajstić information content (AvgIpc) is 2.48. The van der Waals surface area contributed by atoms with E-state index < -0.39 is 0 Å². The van der Waals surface area contributed by atoms with E-state index >= 15 is 0 Å². The summed E-state index contributed by atoms with van der Waals surface area (Å²) in [5.41, 5.74) is 0.668. The lowest BCUT2D eigenvalue weighted by Gasteiger charge is -2.15. The van der Waals surface area contributed by atoms with Crippen LogP contribution in [0.15, 0.2) is 18.3 Å². The van der Waals surface area contributed by atoms with Crippen LogP contribution in [0.25, 0.3) is 0 Å². The average molecular weight is 277 g/mol. The van der Waals surface area contributed by atoms with Gasteiger partial charge in [-0.05, 0) is 31.4 Å². The van der Waals surface area contributed by atoms with Crippen LogP contribution >= 0.6 is 0 Å². The summed E-state index contributed by atoms with van der Waals surface area (Å²) in [6.07, 6.45) is 6.40. The number of pyridine rings is 1. The van der Waals surface area contributed by atoms with E-state index in [-0.39, 0.29) is 5.91 Å². The van der Waals surface area contributed by atoms with Crippen LogP contribution in [0, 0.1) is 5.92 Å². The number of aromatic nitrogens is 1. The number of carbonyl (C=O) groups excluding carboxylic acids is 1. The number of rotatable bonds is 9. The molecule has 0 aromatic carbocycles. The Hall–Kier alpha value is -1.58. The molecule has 0 aliphatic carbocycles. The third kappa shape index (κ3) is 5.59. The Kier molecular flexibility index (Phi) is 7.70. The first-order valence-electron chi connectivity index (χ1n) is 7.69. The van der Waals surface area contributed by atoms with Crippen molar-refractivity contribution in [3.8, 4) is 0 Å². The molecule has 112 valence electrons. The highest BCUT2D eigenvalue weighted by molar-refractivity contribution is 5.94. The number of anilines is 1. The maximum Gasteiger partial charge on any atom is 0.251 e. The minimum Gasteiger partial charge on any atom is -0.370 e. The largest absolute Gasteiger partial charge is 0.370 e. The molecule has 0 aliphatic rings. The van der Waals surface area contributed by atoms with Gasteiger partial charge in [0.25, 0.3) is 5.91 Å². The highest BCUT2D eigenvalue weighted by Crippen LogP contribution is 2.12. The molecule has 1 aromatic heterocycles. The third-order valence-corrected chi connectivity index (χ3v) is 3.47. The molecule has 1 amide bonds. The number of hydrogen-bond acceptors (Lipinski definition) is 3. The van der Waals surface area contributed by atoms with Gasteiger partial charge in [0.05, 0.1) is 0 Å². The molecule has 4 heteroatoms. The van der Waals surface area contributed by atoms with Crippen LogP contribution in [0.2, 0.25) is 0 Å². The van der Waals surface area contributed by atoms with E-state index in [2.05, 4.69) is 29.5 Å². The maximum absolute atomic E-state index is 12.1. The molecule has 0 spiro atoms. The van der Waals surface area contributed by atoms with Crippen LogP contribution < -0.4 is 10.6 Å². The Labute approximate surface area is 122 Å². The molecule has 1 heterocycles. The van der Waals surface area contributed by atoms with Gasteiger partial charge in [-0.1, -0.05) is 33.1 Å². The van der Waals surface area contributed by atoms with E-state index in [9.17, 15) is 4.79 Å². The lowest BCUT2D eigenvalue weighted by atomic mass is 9.99. The summed E-state index contributed by atoms with van der Waals surface area (Å²) < 4.78 is 0. The summed E-state index contributed by atoms with van der Waals surface area (Å²) in [5, 5.41) is 6.15. The van der Waals surface area contributed by atoms with Crippen LogP contribution in [0.3, 0.4) is 0 Å². The monoisotopic (exact) mass is 277 g/mol. The molecule has 4 nitrogen and oxygen atoms in total. The number of hydrogen-bond donors (Lipinski definition) is 2. The quantitative estimate of drug-likeness (QED) is 0.727. The Morgan fingerprint density at radius 1 is 1.35 bits per heavy atom. The summed E-state index contributed by atoms with van der Waals surface area (Å²) in [7, 11) is 0. The Bertz CT molecular complexity index is 406. The molecule has 1 atom stereocenters. The molecule has 0 aliphatic heterocycles. The SMILES string of the molecule is CCCCC(CC)CNC(=O)c1ccnc(NCC)c1. The van der Waals surface area contributed by atoms with E-state index in [1.54, 1.807) is 18.3 Å². The van der Waals surface area contributed by atoms with Crippen LogP contribution in [0.1, 0.15) is 56.8 Å². The lowest BCUT2D eigenvalue weighted by molar-refractivity contribution is 0.0945. The molecule has 1 rings (SSSR count). The molecule has 20 heavy (non-hydrogen) atoms. The predicted molar refractivity (Wildman–Crippen MR) is 84.0 cm³/mol. The smallest absolute Gasteiger partial charge is 0.251 e. The van der Waals surface area contributed by atoms with Crippen molar-refractivity contribution in [2.45, 2.75) is 46.5 Å². The molecule has 0 saturated carbocycles. The summed E-state index contributed by atoms with van der Waals surface area (Å²) in [6.45, 7) is 7.95. The standard InChI is InChI=1S/C16H27N3O/c1-4-7-8-13(5-2)12-19-16(20)14-9-10-18-15(11-14)17-6-3/h9-11,13H,4-8,12H2,1-3H3,(H,17,18)(H,19,20). The molecule has 0 radical (unpaired) electrons. The van der Waals surface area contributed by atoms with E-state index in [0.29, 0.717) is 11.5 Å². The minimum atomic E-state index is -0.0125. The van der Waals surface area contributed by atoms with Crippen LogP contribution in [0.4, 0.5) is 5.82 Å². The Morgan fingerprint density at radius 2 is 2.15 bits per heavy atom. The number of nitrogens with one attached hydrogen (secondary N) is 2. The maximum atomic E-state index is 12.1. The van der Waals surface area contributed by atoms with Crippen LogP contribution in [0.5, 0.6) is 0 Å². The second-order valence-electron chi connectivity index (χ2n) is 5.09. The van der Waals surface area contributed by atoms with Gasteiger partial charge in [-0.15, -0.1) is 0 Å². The first-order chi connectivity index (χ1) is 9.71. The van der Waals surface area contributed by atoms with Crippen molar-refractivity contribution in [3.63, 3.8) is 0 Å². The molecule has 2 N–H and O–H groups in total. The first-order valence-corrected chi connectivity index (χ1v) is 7.69. The van der Waals surface area contributed by atoms with E-state index in [4.69, 9.17) is 0 Å². The molecule has 0 saturated heterocycles. The fourth-order valence-electron chi connectivity index (χ4n) is 2.13. The molecule has 0 bridgehead atoms. The zero-order chi connectivity index (χ0) is 14.8. The van der Waals surface area contributed by atoms with Crippen molar-refractivity contribution in [1.29, 1.82) is 0 Å². The molecular weight excluding hydrogens is 250 g/mol. The van der Waals surface area contributed by atoms with Crippen molar-refractivity contribution in [1.82, 2.24) is 10.3 Å². The fourth-order valence-corrected chi connectivity index (χ4v) is 2.13. The zero-order valence-corrected chi connectivity index (χ0v) is 12.9. The van der Waals surface area contributed by atoms with E-state index in [1.165, 1.54) is 19.3 Å². The van der Waals surface area contributed by atoms with Gasteiger partial charge >= 0.3 is 0 Å². The number of carbonyl (C=O) groups is 1. The van der Waals surface area contributed by atoms with Gasteiger partial charge in [0, 0.05) is 24.8 Å². The summed E-state index contributed by atoms with van der Waals surface area (Å²) >= 11 is 0. The van der Waals surface area contributed by atoms with Crippen molar-refractivity contribution in [2.75, 3.05) is 18.4 Å². The molecule has 0 fully saturated rings. The van der Waals surface area contributed by atoms with Gasteiger partial charge in [-0.25, -0.2) is 4.98 Å². The number of unbranched alkanes of at least 4 members (excludes halogenated alkanes) is 1. The Morgan fingerprint density at radius 3 is 2.80 bits per heavy atom. The van der Waals surface area contributed by atoms with E-state index in [0.717, 1.165) is 25.3 Å². The lowest BCUT2D eigenvalue weighted by Crippen LogP contribution is -2.29. The zero-order valence-electron chi connectivity index (χ0n) is 12.9. The van der Waals surface area contributed by atoms with Crippen molar-refractivity contribution < 1.29 is 4.79 Å². The fraction of sp³-hybridized carbons (Fsp3) is 0.625. The predicted octanol–water partition coefficient (Wildman–Crippen LogP) is 3.46. The third-order valence-electron chi connectivity index (χ3n) is 3.47. The molecule has 1 aromatic rings. The topological polar surface area (TPSA) is 54.0 Å². The van der Waals surface area contributed by atoms with Gasteiger partial charge in [-0.2, -0.15) is 0 Å². The second-order valence-corrected chi connectivity index (χ2v) is 5.09. The van der Waals surface area contributed by atoms with Crippen molar-refractivity contribution in [3.05, 3.63) is 23.9 Å². The van der Waals surface area contributed by atoms with Crippen LogP contribution in [-0.4, -0.2) is 24.0 Å².